The zero-order valence-corrected chi connectivity index (χ0v) is 16.8. The molecule has 4 aliphatic rings. The maximum Gasteiger partial charge on any atom is 0.238 e. The predicted octanol–water partition coefficient (Wildman–Crippen LogP) is 4.27. The fourth-order valence-electron chi connectivity index (χ4n) is 6.15. The van der Waals surface area contributed by atoms with Crippen molar-refractivity contribution in [2.24, 2.45) is 11.8 Å². The fraction of sp³-hybridized carbons (Fsp3) is 0.231. The lowest BCUT2D eigenvalue weighted by Gasteiger charge is -2.52. The Kier molecular flexibility index (Phi) is 3.39. The molecule has 0 radical (unpaired) electrons. The first-order valence-electron chi connectivity index (χ1n) is 10.3. The zero-order valence-electron chi connectivity index (χ0n) is 16.8. The highest BCUT2D eigenvalue weighted by Crippen LogP contribution is 2.64. The Morgan fingerprint density at radius 2 is 1.47 bits per heavy atom. The standard InChI is InChI=1S/C26H21NO3/c1-26-19-12-5-3-10-17(19)21(18-11-4-6-13-20(18)26)22-23(26)25(29)27(24(22)28)15-8-7-9-16(14-15)30-2/h3-14,21-23H,1-2H3. The summed E-state index contributed by atoms with van der Waals surface area (Å²) in [5.74, 6) is -0.502. The summed E-state index contributed by atoms with van der Waals surface area (Å²) in [4.78, 5) is 29.0. The van der Waals surface area contributed by atoms with E-state index in [4.69, 9.17) is 4.74 Å². The van der Waals surface area contributed by atoms with Crippen LogP contribution in [0, 0.1) is 11.8 Å². The van der Waals surface area contributed by atoms with Crippen LogP contribution in [0.2, 0.25) is 0 Å². The van der Waals surface area contributed by atoms with Crippen LogP contribution < -0.4 is 9.64 Å². The summed E-state index contributed by atoms with van der Waals surface area (Å²) >= 11 is 0. The van der Waals surface area contributed by atoms with Gasteiger partial charge in [-0.15, -0.1) is 0 Å². The van der Waals surface area contributed by atoms with Crippen molar-refractivity contribution in [3.8, 4) is 5.75 Å². The molecule has 0 aromatic heterocycles. The number of benzene rings is 3. The van der Waals surface area contributed by atoms with Crippen LogP contribution in [0.1, 0.15) is 35.1 Å². The van der Waals surface area contributed by atoms with E-state index < -0.39 is 17.3 Å². The van der Waals surface area contributed by atoms with Gasteiger partial charge in [-0.1, -0.05) is 61.5 Å². The molecule has 1 aliphatic heterocycles. The van der Waals surface area contributed by atoms with Gasteiger partial charge in [0.15, 0.2) is 0 Å². The average molecular weight is 395 g/mol. The highest BCUT2D eigenvalue weighted by atomic mass is 16.5. The van der Waals surface area contributed by atoms with E-state index in [9.17, 15) is 9.59 Å². The smallest absolute Gasteiger partial charge is 0.238 e. The first-order valence-corrected chi connectivity index (χ1v) is 10.3. The van der Waals surface area contributed by atoms with Crippen LogP contribution in [0.15, 0.2) is 72.8 Å². The minimum atomic E-state index is -0.535. The summed E-state index contributed by atoms with van der Waals surface area (Å²) in [6, 6.07) is 23.8. The van der Waals surface area contributed by atoms with Crippen LogP contribution in [0.4, 0.5) is 5.69 Å². The van der Waals surface area contributed by atoms with Crippen molar-refractivity contribution in [3.63, 3.8) is 0 Å². The Morgan fingerprint density at radius 1 is 0.833 bits per heavy atom. The normalized spacial score (nSPS) is 28.2. The third-order valence-electron chi connectivity index (χ3n) is 7.35. The number of imide groups is 1. The zero-order chi connectivity index (χ0) is 20.6. The Balaban J connectivity index is 1.60. The number of hydrogen-bond acceptors (Lipinski definition) is 3. The van der Waals surface area contributed by atoms with Crippen LogP contribution in [-0.2, 0) is 15.0 Å². The molecule has 3 aliphatic carbocycles. The van der Waals surface area contributed by atoms with Crippen LogP contribution in [0.5, 0.6) is 5.75 Å². The molecule has 0 N–H and O–H groups in total. The quantitative estimate of drug-likeness (QED) is 0.609. The van der Waals surface area contributed by atoms with Crippen molar-refractivity contribution in [2.45, 2.75) is 18.3 Å². The molecule has 1 fully saturated rings. The maximum absolute atomic E-state index is 13.8. The van der Waals surface area contributed by atoms with Crippen molar-refractivity contribution in [1.29, 1.82) is 0 Å². The summed E-state index contributed by atoms with van der Waals surface area (Å²) in [5, 5.41) is 0. The highest BCUT2D eigenvalue weighted by Gasteiger charge is 2.66. The van der Waals surface area contributed by atoms with Crippen LogP contribution in [0.25, 0.3) is 0 Å². The van der Waals surface area contributed by atoms with E-state index >= 15 is 0 Å². The second-order valence-corrected chi connectivity index (χ2v) is 8.57. The van der Waals surface area contributed by atoms with Crippen molar-refractivity contribution in [2.75, 3.05) is 12.0 Å². The average Bonchev–Trinajstić information content (AvgIpc) is 3.06. The Morgan fingerprint density at radius 3 is 2.10 bits per heavy atom. The van der Waals surface area contributed by atoms with Gasteiger partial charge >= 0.3 is 0 Å². The van der Waals surface area contributed by atoms with E-state index in [1.54, 1.807) is 19.2 Å². The van der Waals surface area contributed by atoms with Crippen LogP contribution >= 0.6 is 0 Å². The molecule has 0 spiro atoms. The highest BCUT2D eigenvalue weighted by molar-refractivity contribution is 6.23. The van der Waals surface area contributed by atoms with Gasteiger partial charge in [0.25, 0.3) is 0 Å². The van der Waals surface area contributed by atoms with Gasteiger partial charge in [-0.3, -0.25) is 9.59 Å². The lowest BCUT2D eigenvalue weighted by atomic mass is 9.48. The Hall–Kier alpha value is -3.40. The number of ether oxygens (including phenoxy) is 1. The monoisotopic (exact) mass is 395 g/mol. The summed E-state index contributed by atoms with van der Waals surface area (Å²) in [7, 11) is 1.58. The largest absolute Gasteiger partial charge is 0.497 e. The minimum absolute atomic E-state index is 0.101. The second-order valence-electron chi connectivity index (χ2n) is 8.57. The number of carbonyl (C=O) groups is 2. The molecular weight excluding hydrogens is 374 g/mol. The van der Waals surface area contributed by atoms with Crippen molar-refractivity contribution in [3.05, 3.63) is 95.1 Å². The predicted molar refractivity (Wildman–Crippen MR) is 114 cm³/mol. The Labute approximate surface area is 175 Å². The molecule has 2 atom stereocenters. The lowest BCUT2D eigenvalue weighted by molar-refractivity contribution is -0.123. The van der Waals surface area contributed by atoms with E-state index in [2.05, 4.69) is 31.2 Å². The maximum atomic E-state index is 13.8. The topological polar surface area (TPSA) is 46.6 Å². The van der Waals surface area contributed by atoms with Crippen molar-refractivity contribution < 1.29 is 14.3 Å². The molecule has 1 heterocycles. The van der Waals surface area contributed by atoms with E-state index in [0.717, 1.165) is 0 Å². The summed E-state index contributed by atoms with van der Waals surface area (Å²) in [6.07, 6.45) is 0. The van der Waals surface area contributed by atoms with Gasteiger partial charge in [0.05, 0.1) is 24.6 Å². The molecule has 0 saturated carbocycles. The van der Waals surface area contributed by atoms with Gasteiger partial charge in [-0.05, 0) is 34.4 Å². The molecule has 4 nitrogen and oxygen atoms in total. The van der Waals surface area contributed by atoms with Gasteiger partial charge < -0.3 is 4.74 Å². The summed E-state index contributed by atoms with van der Waals surface area (Å²) in [5.41, 5.74) is 4.73. The number of rotatable bonds is 2. The number of methoxy groups -OCH3 is 1. The van der Waals surface area contributed by atoms with Gasteiger partial charge in [-0.2, -0.15) is 0 Å². The molecule has 1 saturated heterocycles. The van der Waals surface area contributed by atoms with E-state index in [-0.39, 0.29) is 17.7 Å². The number of carbonyl (C=O) groups excluding carboxylic acids is 2. The fourth-order valence-corrected chi connectivity index (χ4v) is 6.15. The second kappa shape index (κ2) is 5.82. The third kappa shape index (κ3) is 1.91. The SMILES string of the molecule is COc1cccc(N2C(=O)C3C4c5ccccc5C(C)(c5ccccc54)C3C2=O)c1. The molecule has 2 amide bonds. The number of anilines is 1. The molecule has 30 heavy (non-hydrogen) atoms. The summed E-state index contributed by atoms with van der Waals surface area (Å²) < 4.78 is 5.33. The van der Waals surface area contributed by atoms with Gasteiger partial charge in [-0.25, -0.2) is 4.90 Å². The van der Waals surface area contributed by atoms with Gasteiger partial charge in [0, 0.05) is 17.4 Å². The van der Waals surface area contributed by atoms with Gasteiger partial charge in [0.2, 0.25) is 11.8 Å². The molecule has 2 bridgehead atoms. The number of nitrogens with zero attached hydrogens (tertiary/aromatic N) is 1. The molecule has 3 aromatic carbocycles. The van der Waals surface area contributed by atoms with Gasteiger partial charge in [0.1, 0.15) is 5.75 Å². The molecular formula is C26H21NO3. The lowest BCUT2D eigenvalue weighted by Crippen LogP contribution is -2.51. The molecule has 3 aromatic rings. The Bertz CT molecular complexity index is 1180. The first-order chi connectivity index (χ1) is 14.6. The summed E-state index contributed by atoms with van der Waals surface area (Å²) in [6.45, 7) is 2.14. The number of hydrogen-bond donors (Lipinski definition) is 0. The van der Waals surface area contributed by atoms with E-state index in [1.165, 1.54) is 27.2 Å². The van der Waals surface area contributed by atoms with Crippen LogP contribution in [-0.4, -0.2) is 18.9 Å². The molecule has 4 heteroatoms. The first kappa shape index (κ1) is 17.5. The third-order valence-corrected chi connectivity index (χ3v) is 7.35. The van der Waals surface area contributed by atoms with E-state index in [0.29, 0.717) is 11.4 Å². The van der Waals surface area contributed by atoms with Crippen LogP contribution in [0.3, 0.4) is 0 Å². The molecule has 148 valence electrons. The minimum Gasteiger partial charge on any atom is -0.497 e. The molecule has 2 unspecified atom stereocenters. The number of amides is 2. The van der Waals surface area contributed by atoms with Crippen molar-refractivity contribution >= 4 is 17.5 Å². The van der Waals surface area contributed by atoms with E-state index in [1.807, 2.05) is 36.4 Å². The van der Waals surface area contributed by atoms with Crippen molar-refractivity contribution in [1.82, 2.24) is 0 Å². The molecule has 7 rings (SSSR count).